The zero-order valence-corrected chi connectivity index (χ0v) is 12.3. The van der Waals surface area contributed by atoms with E-state index in [9.17, 15) is 18.0 Å². The van der Waals surface area contributed by atoms with Crippen molar-refractivity contribution in [3.05, 3.63) is 40.3 Å². The van der Waals surface area contributed by atoms with Crippen LogP contribution in [0.1, 0.15) is 17.4 Å². The van der Waals surface area contributed by atoms with Crippen molar-refractivity contribution in [1.82, 2.24) is 9.78 Å². The number of aromatic nitrogens is 2. The summed E-state index contributed by atoms with van der Waals surface area (Å²) in [6, 6.07) is 4.94. The summed E-state index contributed by atoms with van der Waals surface area (Å²) in [5, 5.41) is 2.46. The van der Waals surface area contributed by atoms with Crippen LogP contribution in [0.25, 0.3) is 5.69 Å². The molecule has 0 radical (unpaired) electrons. The van der Waals surface area contributed by atoms with Gasteiger partial charge < -0.3 is 10.5 Å². The van der Waals surface area contributed by atoms with Gasteiger partial charge in [-0.3, -0.25) is 14.4 Å². The van der Waals surface area contributed by atoms with Gasteiger partial charge in [0.1, 0.15) is 5.69 Å². The molecule has 0 fully saturated rings. The minimum absolute atomic E-state index is 0.0855. The molecule has 0 aliphatic rings. The maximum Gasteiger partial charge on any atom is 0.358 e. The molecule has 0 amide bonds. The van der Waals surface area contributed by atoms with Gasteiger partial charge in [0.2, 0.25) is 0 Å². The van der Waals surface area contributed by atoms with E-state index < -0.39 is 26.5 Å². The minimum Gasteiger partial charge on any atom is -0.461 e. The maximum absolute atomic E-state index is 12.0. The molecular weight excluding hydrogens is 314 g/mol. The smallest absolute Gasteiger partial charge is 0.358 e. The van der Waals surface area contributed by atoms with Gasteiger partial charge in [0, 0.05) is 0 Å². The van der Waals surface area contributed by atoms with E-state index in [1.165, 1.54) is 12.1 Å². The fourth-order valence-corrected chi connectivity index (χ4v) is 2.29. The van der Waals surface area contributed by atoms with Crippen molar-refractivity contribution in [2.24, 2.45) is 0 Å². The van der Waals surface area contributed by atoms with Crippen molar-refractivity contribution in [3.63, 3.8) is 0 Å². The number of anilines is 1. The van der Waals surface area contributed by atoms with Crippen LogP contribution in [-0.2, 0) is 14.9 Å². The molecule has 0 saturated carbocycles. The predicted molar refractivity (Wildman–Crippen MR) is 76.6 cm³/mol. The molecule has 1 heterocycles. The summed E-state index contributed by atoms with van der Waals surface area (Å²) in [7, 11) is -4.43. The van der Waals surface area contributed by atoms with E-state index in [2.05, 4.69) is 5.10 Å². The predicted octanol–water partition coefficient (Wildman–Crippen LogP) is 0.171. The van der Waals surface area contributed by atoms with Crippen molar-refractivity contribution in [2.75, 3.05) is 12.3 Å². The summed E-state index contributed by atoms with van der Waals surface area (Å²) >= 11 is 0. The van der Waals surface area contributed by atoms with Crippen LogP contribution in [0.3, 0.4) is 0 Å². The van der Waals surface area contributed by atoms with E-state index in [0.29, 0.717) is 0 Å². The second kappa shape index (κ2) is 5.66. The first-order chi connectivity index (χ1) is 10.3. The number of benzene rings is 1. The summed E-state index contributed by atoms with van der Waals surface area (Å²) < 4.78 is 36.9. The fourth-order valence-electron chi connectivity index (χ4n) is 1.77. The van der Waals surface area contributed by atoms with E-state index in [-0.39, 0.29) is 23.7 Å². The van der Waals surface area contributed by atoms with E-state index in [1.54, 1.807) is 6.92 Å². The van der Waals surface area contributed by atoms with Crippen LogP contribution < -0.4 is 11.3 Å². The molecule has 0 unspecified atom stereocenters. The minimum atomic E-state index is -4.43. The molecule has 0 spiro atoms. The van der Waals surface area contributed by atoms with Crippen LogP contribution >= 0.6 is 0 Å². The normalized spacial score (nSPS) is 11.4. The maximum atomic E-state index is 12.0. The van der Waals surface area contributed by atoms with Gasteiger partial charge in [-0.2, -0.15) is 8.42 Å². The lowest BCUT2D eigenvalue weighted by atomic mass is 10.3. The first-order valence-electron chi connectivity index (χ1n) is 6.11. The molecule has 1 aromatic heterocycles. The number of carbonyl (C=O) groups is 1. The molecule has 2 aromatic rings. The number of nitrogens with one attached hydrogen (secondary N) is 1. The van der Waals surface area contributed by atoms with Gasteiger partial charge in [0.15, 0.2) is 5.69 Å². The zero-order valence-electron chi connectivity index (χ0n) is 11.4. The van der Waals surface area contributed by atoms with Crippen molar-refractivity contribution in [1.29, 1.82) is 0 Å². The second-order valence-corrected chi connectivity index (χ2v) is 5.66. The Labute approximate surface area is 125 Å². The zero-order chi connectivity index (χ0) is 16.5. The number of nitrogen functional groups attached to an aromatic ring is 1. The highest BCUT2D eigenvalue weighted by Gasteiger charge is 2.20. The summed E-state index contributed by atoms with van der Waals surface area (Å²) in [5.41, 5.74) is 4.32. The number of hydrogen-bond acceptors (Lipinski definition) is 6. The average molecular weight is 327 g/mol. The summed E-state index contributed by atoms with van der Waals surface area (Å²) in [6.07, 6.45) is 0. The highest BCUT2D eigenvalue weighted by atomic mass is 32.2. The molecule has 9 nitrogen and oxygen atoms in total. The SMILES string of the molecule is CCOC(=O)c1[nH]n(-c2cccc(S(=O)(=O)O)c2)c(=O)c1N. The number of H-pyrrole nitrogens is 1. The number of rotatable bonds is 4. The van der Waals surface area contributed by atoms with Gasteiger partial charge in [-0.25, -0.2) is 9.48 Å². The van der Waals surface area contributed by atoms with Gasteiger partial charge in [0.25, 0.3) is 15.7 Å². The highest BCUT2D eigenvalue weighted by Crippen LogP contribution is 2.15. The monoisotopic (exact) mass is 327 g/mol. The van der Waals surface area contributed by atoms with Crippen LogP contribution in [0.15, 0.2) is 34.0 Å². The number of ether oxygens (including phenoxy) is 1. The Morgan fingerprint density at radius 2 is 2.14 bits per heavy atom. The first kappa shape index (κ1) is 15.8. The Balaban J connectivity index is 2.58. The molecule has 22 heavy (non-hydrogen) atoms. The van der Waals surface area contributed by atoms with Crippen molar-refractivity contribution >= 4 is 21.8 Å². The number of hydrogen-bond donors (Lipinski definition) is 3. The van der Waals surface area contributed by atoms with Gasteiger partial charge in [-0.15, -0.1) is 0 Å². The lowest BCUT2D eigenvalue weighted by Gasteiger charge is -2.04. The van der Waals surface area contributed by atoms with E-state index in [1.807, 2.05) is 0 Å². The van der Waals surface area contributed by atoms with E-state index in [0.717, 1.165) is 16.8 Å². The van der Waals surface area contributed by atoms with Gasteiger partial charge >= 0.3 is 5.97 Å². The van der Waals surface area contributed by atoms with E-state index in [4.69, 9.17) is 15.0 Å². The van der Waals surface area contributed by atoms with Crippen LogP contribution in [0.4, 0.5) is 5.69 Å². The molecule has 4 N–H and O–H groups in total. The fraction of sp³-hybridized carbons (Fsp3) is 0.167. The Kier molecular flexibility index (Phi) is 4.06. The molecule has 0 aliphatic carbocycles. The third-order valence-electron chi connectivity index (χ3n) is 2.78. The lowest BCUT2D eigenvalue weighted by molar-refractivity contribution is 0.0520. The third-order valence-corrected chi connectivity index (χ3v) is 3.63. The molecule has 0 saturated heterocycles. The summed E-state index contributed by atoms with van der Waals surface area (Å²) in [5.74, 6) is -0.804. The van der Waals surface area contributed by atoms with Crippen molar-refractivity contribution in [2.45, 2.75) is 11.8 Å². The molecule has 0 atom stereocenters. The van der Waals surface area contributed by atoms with Crippen LogP contribution in [0, 0.1) is 0 Å². The summed E-state index contributed by atoms with van der Waals surface area (Å²) in [6.45, 7) is 1.70. The van der Waals surface area contributed by atoms with Crippen molar-refractivity contribution in [3.8, 4) is 5.69 Å². The van der Waals surface area contributed by atoms with Crippen LogP contribution in [0.5, 0.6) is 0 Å². The number of esters is 1. The topological polar surface area (TPSA) is 144 Å². The van der Waals surface area contributed by atoms with E-state index >= 15 is 0 Å². The number of nitrogens with zero attached hydrogens (tertiary/aromatic N) is 1. The number of nitrogens with two attached hydrogens (primary N) is 1. The van der Waals surface area contributed by atoms with Crippen LogP contribution in [-0.4, -0.2) is 35.3 Å². The molecular formula is C12H13N3O6S. The molecule has 0 aliphatic heterocycles. The third kappa shape index (κ3) is 2.87. The van der Waals surface area contributed by atoms with Crippen LogP contribution in [0.2, 0.25) is 0 Å². The first-order valence-corrected chi connectivity index (χ1v) is 7.55. The largest absolute Gasteiger partial charge is 0.461 e. The molecule has 10 heteroatoms. The number of aromatic amines is 1. The highest BCUT2D eigenvalue weighted by molar-refractivity contribution is 7.85. The second-order valence-electron chi connectivity index (χ2n) is 4.23. The molecule has 0 bridgehead atoms. The van der Waals surface area contributed by atoms with Gasteiger partial charge in [-0.05, 0) is 25.1 Å². The standard InChI is InChI=1S/C12H13N3O6S/c1-2-21-12(17)10-9(13)11(16)15(14-10)7-4-3-5-8(6-7)22(18,19)20/h3-6,14H,2,13H2,1H3,(H,18,19,20). The van der Waals surface area contributed by atoms with Crippen molar-refractivity contribution < 1.29 is 22.5 Å². The van der Waals surface area contributed by atoms with Gasteiger partial charge in [-0.1, -0.05) is 6.07 Å². The average Bonchev–Trinajstić information content (AvgIpc) is 2.75. The Morgan fingerprint density at radius 3 is 2.73 bits per heavy atom. The Bertz CT molecular complexity index is 881. The number of carbonyl (C=O) groups excluding carboxylic acids is 1. The molecule has 2 rings (SSSR count). The lowest BCUT2D eigenvalue weighted by Crippen LogP contribution is -2.17. The molecule has 1 aromatic carbocycles. The quantitative estimate of drug-likeness (QED) is 0.536. The van der Waals surface area contributed by atoms with Gasteiger partial charge in [0.05, 0.1) is 17.2 Å². The Morgan fingerprint density at radius 1 is 1.45 bits per heavy atom. The Hall–Kier alpha value is -2.59. The summed E-state index contributed by atoms with van der Waals surface area (Å²) in [4.78, 5) is 23.3. The molecule has 118 valence electrons.